The highest BCUT2D eigenvalue weighted by Crippen LogP contribution is 2.39. The number of rotatable bonds is 6. The summed E-state index contributed by atoms with van der Waals surface area (Å²) in [5, 5.41) is 13.6. The highest BCUT2D eigenvalue weighted by atomic mass is 19.1. The Morgan fingerprint density at radius 1 is 1.29 bits per heavy atom. The summed E-state index contributed by atoms with van der Waals surface area (Å²) in [4.78, 5) is 21.9. The molecule has 1 unspecified atom stereocenters. The van der Waals surface area contributed by atoms with Gasteiger partial charge in [-0.3, -0.25) is 19.2 Å². The molecular weight excluding hydrogens is 445 g/mol. The smallest absolute Gasteiger partial charge is 0.291 e. The van der Waals surface area contributed by atoms with Crippen LogP contribution in [0.2, 0.25) is 0 Å². The van der Waals surface area contributed by atoms with Crippen LogP contribution < -0.4 is 10.5 Å². The van der Waals surface area contributed by atoms with Crippen LogP contribution in [0.15, 0.2) is 29.2 Å². The van der Waals surface area contributed by atoms with E-state index in [9.17, 15) is 4.79 Å². The first kappa shape index (κ1) is 23.5. The lowest BCUT2D eigenvalue weighted by atomic mass is 9.99. The summed E-state index contributed by atoms with van der Waals surface area (Å²) >= 11 is 0. The van der Waals surface area contributed by atoms with Crippen molar-refractivity contribution in [3.05, 3.63) is 57.5 Å². The SMILES string of the molecule is CC[C@@H]1CN(c2c(F)c(=O)n(C)c3cc(CC#N)nn23)[C@@H](C)CN1C(C)c1ccc(C2CC2)nc1. The number of fused-ring (bicyclic) bond motifs is 1. The normalized spacial score (nSPS) is 21.9. The Morgan fingerprint density at radius 3 is 2.69 bits per heavy atom. The van der Waals surface area contributed by atoms with Crippen LogP contribution in [-0.4, -0.2) is 49.2 Å². The van der Waals surface area contributed by atoms with Crippen molar-refractivity contribution in [2.24, 2.45) is 7.05 Å². The first-order valence-corrected chi connectivity index (χ1v) is 12.5. The fourth-order valence-electron chi connectivity index (χ4n) is 5.34. The number of nitrogens with zero attached hydrogens (tertiary/aromatic N) is 7. The maximum atomic E-state index is 15.5. The summed E-state index contributed by atoms with van der Waals surface area (Å²) in [6.07, 6.45) is 5.46. The lowest BCUT2D eigenvalue weighted by Gasteiger charge is -2.48. The lowest BCUT2D eigenvalue weighted by Crippen LogP contribution is -2.58. The van der Waals surface area contributed by atoms with Gasteiger partial charge in [-0.2, -0.15) is 19.3 Å². The van der Waals surface area contributed by atoms with E-state index in [0.29, 0.717) is 30.3 Å². The van der Waals surface area contributed by atoms with E-state index in [4.69, 9.17) is 10.2 Å². The first-order chi connectivity index (χ1) is 16.8. The average molecular weight is 478 g/mol. The summed E-state index contributed by atoms with van der Waals surface area (Å²) in [6.45, 7) is 7.69. The van der Waals surface area contributed by atoms with Crippen LogP contribution in [0, 0.1) is 17.1 Å². The number of anilines is 1. The monoisotopic (exact) mass is 477 g/mol. The Hall–Kier alpha value is -3.25. The molecule has 9 heteroatoms. The van der Waals surface area contributed by atoms with E-state index in [1.165, 1.54) is 40.2 Å². The third kappa shape index (κ3) is 4.10. The van der Waals surface area contributed by atoms with Crippen molar-refractivity contribution in [1.82, 2.24) is 24.1 Å². The molecule has 8 nitrogen and oxygen atoms in total. The van der Waals surface area contributed by atoms with Gasteiger partial charge in [0.1, 0.15) is 5.65 Å². The van der Waals surface area contributed by atoms with Gasteiger partial charge < -0.3 is 4.90 Å². The molecule has 0 bridgehead atoms. The van der Waals surface area contributed by atoms with E-state index in [0.717, 1.165) is 6.42 Å². The van der Waals surface area contributed by atoms with Crippen molar-refractivity contribution in [3.63, 3.8) is 0 Å². The van der Waals surface area contributed by atoms with Gasteiger partial charge >= 0.3 is 0 Å². The van der Waals surface area contributed by atoms with Gasteiger partial charge in [-0.25, -0.2) is 0 Å². The molecule has 4 heterocycles. The topological polar surface area (TPSA) is 82.5 Å². The van der Waals surface area contributed by atoms with Crippen LogP contribution >= 0.6 is 0 Å². The number of aryl methyl sites for hydroxylation is 1. The van der Waals surface area contributed by atoms with Gasteiger partial charge in [0.05, 0.1) is 18.2 Å². The van der Waals surface area contributed by atoms with Crippen molar-refractivity contribution in [2.75, 3.05) is 18.0 Å². The Balaban J connectivity index is 1.47. The Morgan fingerprint density at radius 2 is 2.06 bits per heavy atom. The summed E-state index contributed by atoms with van der Waals surface area (Å²) in [7, 11) is 1.53. The number of piperazine rings is 1. The molecule has 0 amide bonds. The summed E-state index contributed by atoms with van der Waals surface area (Å²) in [5.74, 6) is 0.00302. The summed E-state index contributed by atoms with van der Waals surface area (Å²) in [6, 6.07) is 8.41. The molecule has 3 aromatic heterocycles. The van der Waals surface area contributed by atoms with E-state index < -0.39 is 11.4 Å². The van der Waals surface area contributed by atoms with Crippen molar-refractivity contribution in [1.29, 1.82) is 5.26 Å². The van der Waals surface area contributed by atoms with E-state index >= 15 is 4.39 Å². The molecular formula is C26H32FN7O. The highest BCUT2D eigenvalue weighted by molar-refractivity contribution is 5.53. The van der Waals surface area contributed by atoms with Crippen molar-refractivity contribution < 1.29 is 4.39 Å². The van der Waals surface area contributed by atoms with E-state index in [2.05, 4.69) is 49.0 Å². The lowest BCUT2D eigenvalue weighted by molar-refractivity contribution is 0.105. The van der Waals surface area contributed by atoms with Crippen LogP contribution in [0.5, 0.6) is 0 Å². The molecule has 2 aliphatic rings. The predicted molar refractivity (Wildman–Crippen MR) is 132 cm³/mol. The fraction of sp³-hybridized carbons (Fsp3) is 0.538. The minimum absolute atomic E-state index is 0.0487. The number of aromatic nitrogens is 4. The highest BCUT2D eigenvalue weighted by Gasteiger charge is 2.37. The molecule has 5 rings (SSSR count). The quantitative estimate of drug-likeness (QED) is 0.540. The molecule has 1 aliphatic heterocycles. The zero-order chi connectivity index (χ0) is 24.9. The summed E-state index contributed by atoms with van der Waals surface area (Å²) < 4.78 is 18.2. The molecule has 3 atom stereocenters. The zero-order valence-corrected chi connectivity index (χ0v) is 20.8. The molecule has 2 fully saturated rings. The molecule has 0 aromatic carbocycles. The number of hydrogen-bond donors (Lipinski definition) is 0. The largest absolute Gasteiger partial charge is 0.348 e. The van der Waals surface area contributed by atoms with Gasteiger partial charge in [-0.1, -0.05) is 13.0 Å². The second-order valence-electron chi connectivity index (χ2n) is 9.97. The third-order valence-corrected chi connectivity index (χ3v) is 7.65. The molecule has 0 spiro atoms. The van der Waals surface area contributed by atoms with Crippen LogP contribution in [0.4, 0.5) is 10.2 Å². The molecule has 0 N–H and O–H groups in total. The molecule has 3 aromatic rings. The number of halogens is 1. The number of hydrogen-bond acceptors (Lipinski definition) is 6. The Labute approximate surface area is 204 Å². The first-order valence-electron chi connectivity index (χ1n) is 12.5. The second-order valence-corrected chi connectivity index (χ2v) is 9.97. The maximum absolute atomic E-state index is 15.5. The Kier molecular flexibility index (Phi) is 6.09. The second kappa shape index (κ2) is 9.08. The van der Waals surface area contributed by atoms with Crippen LogP contribution in [0.1, 0.15) is 68.9 Å². The third-order valence-electron chi connectivity index (χ3n) is 7.65. The minimum atomic E-state index is -0.810. The fourth-order valence-corrected chi connectivity index (χ4v) is 5.34. The van der Waals surface area contributed by atoms with Gasteiger partial charge in [0, 0.05) is 62.1 Å². The Bertz CT molecular complexity index is 1330. The van der Waals surface area contributed by atoms with Crippen molar-refractivity contribution >= 4 is 11.5 Å². The minimum Gasteiger partial charge on any atom is -0.348 e. The standard InChI is InChI=1S/C26H32FN7O/c1-5-21-15-32(25-24(27)26(35)31(4)23-12-20(10-11-28)30-34(23)25)16(2)14-33(21)17(3)19-8-9-22(29-13-19)18-6-7-18/h8-9,12-13,16-18,21H,5-7,10,14-15H2,1-4H3/t16-,17?,21+/m0/s1. The maximum Gasteiger partial charge on any atom is 0.291 e. The van der Waals surface area contributed by atoms with Gasteiger partial charge in [0.2, 0.25) is 5.82 Å². The number of nitriles is 1. The average Bonchev–Trinajstić information content (AvgIpc) is 3.63. The van der Waals surface area contributed by atoms with Crippen LogP contribution in [0.3, 0.4) is 0 Å². The van der Waals surface area contributed by atoms with E-state index in [1.54, 1.807) is 6.07 Å². The predicted octanol–water partition coefficient (Wildman–Crippen LogP) is 3.56. The molecule has 184 valence electrons. The van der Waals surface area contributed by atoms with Gasteiger partial charge in [0.25, 0.3) is 5.56 Å². The molecule has 1 aliphatic carbocycles. The summed E-state index contributed by atoms with van der Waals surface area (Å²) in [5.41, 5.74) is 2.68. The van der Waals surface area contributed by atoms with Gasteiger partial charge in [-0.05, 0) is 44.7 Å². The number of pyridine rings is 1. The van der Waals surface area contributed by atoms with Crippen molar-refractivity contribution in [3.8, 4) is 6.07 Å². The van der Waals surface area contributed by atoms with Crippen LogP contribution in [0.25, 0.3) is 5.65 Å². The molecule has 0 radical (unpaired) electrons. The molecule has 1 saturated heterocycles. The van der Waals surface area contributed by atoms with E-state index in [1.807, 2.05) is 11.1 Å². The van der Waals surface area contributed by atoms with Gasteiger partial charge in [0.15, 0.2) is 5.82 Å². The van der Waals surface area contributed by atoms with Crippen LogP contribution in [-0.2, 0) is 13.5 Å². The van der Waals surface area contributed by atoms with Crippen molar-refractivity contribution in [2.45, 2.75) is 70.5 Å². The van der Waals surface area contributed by atoms with E-state index in [-0.39, 0.29) is 30.4 Å². The van der Waals surface area contributed by atoms with Gasteiger partial charge in [-0.15, -0.1) is 0 Å². The molecule has 35 heavy (non-hydrogen) atoms. The molecule has 1 saturated carbocycles. The zero-order valence-electron chi connectivity index (χ0n) is 20.8.